The van der Waals surface area contributed by atoms with Gasteiger partial charge in [-0.15, -0.1) is 0 Å². The largest absolute Gasteiger partial charge is 0.334 e. The maximum Gasteiger partial charge on any atom is 0.229 e. The fraction of sp³-hybridized carbons (Fsp3) is 0.480. The quantitative estimate of drug-likeness (QED) is 0.639. The van der Waals surface area contributed by atoms with Gasteiger partial charge in [0, 0.05) is 5.56 Å². The third-order valence-electron chi connectivity index (χ3n) is 7.67. The van der Waals surface area contributed by atoms with Crippen molar-refractivity contribution in [1.82, 2.24) is 9.62 Å². The molecule has 0 unspecified atom stereocenters. The van der Waals surface area contributed by atoms with E-state index in [0.29, 0.717) is 11.5 Å². The molecule has 5 nitrogen and oxygen atoms in total. The number of halogens is 3. The molecule has 1 heterocycles. The van der Waals surface area contributed by atoms with Crippen LogP contribution < -0.4 is 4.72 Å². The molecule has 34 heavy (non-hydrogen) atoms. The number of rotatable bonds is 7. The fourth-order valence-corrected chi connectivity index (χ4v) is 6.56. The van der Waals surface area contributed by atoms with Crippen molar-refractivity contribution in [2.75, 3.05) is 12.3 Å². The Morgan fingerprint density at radius 3 is 2.47 bits per heavy atom. The monoisotopic (exact) mass is 492 g/mol. The molecule has 1 N–H and O–H groups in total. The van der Waals surface area contributed by atoms with Gasteiger partial charge in [0.1, 0.15) is 17.8 Å². The van der Waals surface area contributed by atoms with E-state index in [2.05, 4.69) is 4.72 Å². The van der Waals surface area contributed by atoms with Gasteiger partial charge in [0.2, 0.25) is 15.9 Å². The minimum absolute atomic E-state index is 0.0580. The van der Waals surface area contributed by atoms with Gasteiger partial charge >= 0.3 is 0 Å². The smallest absolute Gasteiger partial charge is 0.229 e. The molecule has 3 atom stereocenters. The zero-order valence-corrected chi connectivity index (χ0v) is 19.6. The molecule has 1 amide bonds. The lowest BCUT2D eigenvalue weighted by Gasteiger charge is -2.61. The third kappa shape index (κ3) is 3.92. The van der Waals surface area contributed by atoms with Gasteiger partial charge in [-0.2, -0.15) is 0 Å². The van der Waals surface area contributed by atoms with E-state index in [0.717, 1.165) is 19.3 Å². The summed E-state index contributed by atoms with van der Waals surface area (Å²) < 4.78 is 71.5. The van der Waals surface area contributed by atoms with Gasteiger partial charge in [0.05, 0.1) is 29.8 Å². The second-order valence-electron chi connectivity index (χ2n) is 9.84. The Hall–Kier alpha value is -2.39. The first-order valence-electron chi connectivity index (χ1n) is 11.6. The molecule has 4 fully saturated rings. The Labute approximate surface area is 197 Å². The van der Waals surface area contributed by atoms with Gasteiger partial charge in [-0.25, -0.2) is 26.3 Å². The second kappa shape index (κ2) is 8.37. The van der Waals surface area contributed by atoms with Crippen molar-refractivity contribution in [1.29, 1.82) is 0 Å². The summed E-state index contributed by atoms with van der Waals surface area (Å²) in [5.74, 6) is -0.942. The molecule has 182 valence electrons. The molecule has 6 rings (SSSR count). The van der Waals surface area contributed by atoms with Crippen molar-refractivity contribution in [3.63, 3.8) is 0 Å². The Balaban J connectivity index is 1.49. The zero-order chi connectivity index (χ0) is 24.3. The van der Waals surface area contributed by atoms with Crippen LogP contribution in [-0.2, 0) is 21.2 Å². The summed E-state index contributed by atoms with van der Waals surface area (Å²) in [6, 6.07) is 8.24. The van der Waals surface area contributed by atoms with Gasteiger partial charge in [0.15, 0.2) is 0 Å². The maximum atomic E-state index is 15.6. The average Bonchev–Trinajstić information content (AvgIpc) is 3.02. The van der Waals surface area contributed by atoms with Crippen LogP contribution in [0.5, 0.6) is 0 Å². The molecular formula is C25H27F3N2O3S. The average molecular weight is 493 g/mol. The highest BCUT2D eigenvalue weighted by molar-refractivity contribution is 7.89. The lowest BCUT2D eigenvalue weighted by Crippen LogP contribution is -2.62. The van der Waals surface area contributed by atoms with Crippen LogP contribution in [0.2, 0.25) is 0 Å². The number of sulfonamides is 1. The summed E-state index contributed by atoms with van der Waals surface area (Å²) in [7, 11) is -3.76. The number of nitrogens with zero attached hydrogens (tertiary/aromatic N) is 1. The molecule has 3 saturated carbocycles. The number of hydrogen-bond acceptors (Lipinski definition) is 3. The van der Waals surface area contributed by atoms with Crippen molar-refractivity contribution in [3.05, 3.63) is 59.7 Å². The Morgan fingerprint density at radius 1 is 1.15 bits per heavy atom. The van der Waals surface area contributed by atoms with Crippen LogP contribution >= 0.6 is 0 Å². The van der Waals surface area contributed by atoms with Crippen molar-refractivity contribution in [2.24, 2.45) is 11.3 Å². The number of nitrogens with one attached hydrogen (secondary N) is 1. The molecule has 2 aromatic rings. The van der Waals surface area contributed by atoms with Crippen molar-refractivity contribution >= 4 is 15.9 Å². The molecule has 2 aromatic carbocycles. The summed E-state index contributed by atoms with van der Waals surface area (Å²) in [5.41, 5.74) is 0.300. The van der Waals surface area contributed by atoms with Crippen LogP contribution in [0.3, 0.4) is 0 Å². The predicted molar refractivity (Wildman–Crippen MR) is 122 cm³/mol. The Bertz CT molecular complexity index is 1220. The first kappa shape index (κ1) is 23.4. The molecule has 1 saturated heterocycles. The first-order valence-corrected chi connectivity index (χ1v) is 13.3. The topological polar surface area (TPSA) is 66.5 Å². The van der Waals surface area contributed by atoms with E-state index in [1.165, 1.54) is 36.1 Å². The maximum absolute atomic E-state index is 15.6. The number of amides is 1. The van der Waals surface area contributed by atoms with Crippen molar-refractivity contribution in [3.8, 4) is 11.1 Å². The molecule has 0 spiro atoms. The minimum Gasteiger partial charge on any atom is -0.334 e. The molecule has 3 aliphatic carbocycles. The Morgan fingerprint density at radius 2 is 1.85 bits per heavy atom. The molecule has 0 radical (unpaired) electrons. The highest BCUT2D eigenvalue weighted by Gasteiger charge is 2.64. The number of likely N-dealkylation sites (tertiary alicyclic amines) is 1. The minimum atomic E-state index is -3.76. The van der Waals surface area contributed by atoms with Gasteiger partial charge in [-0.3, -0.25) is 4.79 Å². The summed E-state index contributed by atoms with van der Waals surface area (Å²) in [6.45, 7) is 1.23. The summed E-state index contributed by atoms with van der Waals surface area (Å²) in [5, 5.41) is 0. The van der Waals surface area contributed by atoms with Gasteiger partial charge < -0.3 is 4.90 Å². The van der Waals surface area contributed by atoms with Crippen LogP contribution in [0.4, 0.5) is 13.2 Å². The molecule has 0 aromatic heterocycles. The number of alkyl halides is 1. The predicted octanol–water partition coefficient (Wildman–Crippen LogP) is 3.83. The molecule has 9 heteroatoms. The summed E-state index contributed by atoms with van der Waals surface area (Å²) >= 11 is 0. The van der Waals surface area contributed by atoms with E-state index in [1.54, 1.807) is 18.2 Å². The number of hydrogen-bond donors (Lipinski definition) is 1. The molecule has 2 bridgehead atoms. The zero-order valence-electron chi connectivity index (χ0n) is 18.8. The van der Waals surface area contributed by atoms with Gasteiger partial charge in [-0.05, 0) is 61.8 Å². The summed E-state index contributed by atoms with van der Waals surface area (Å²) in [4.78, 5) is 14.8. The lowest BCUT2D eigenvalue weighted by atomic mass is 9.44. The first-order chi connectivity index (χ1) is 16.1. The Kier molecular flexibility index (Phi) is 5.75. The highest BCUT2D eigenvalue weighted by Crippen LogP contribution is 2.65. The van der Waals surface area contributed by atoms with E-state index in [-0.39, 0.29) is 35.8 Å². The van der Waals surface area contributed by atoms with Gasteiger partial charge in [0.25, 0.3) is 0 Å². The molecular weight excluding hydrogens is 465 g/mol. The lowest BCUT2D eigenvalue weighted by molar-refractivity contribution is -0.178. The van der Waals surface area contributed by atoms with E-state index < -0.39 is 45.3 Å². The van der Waals surface area contributed by atoms with Crippen molar-refractivity contribution in [2.45, 2.75) is 50.9 Å². The van der Waals surface area contributed by atoms with E-state index in [4.69, 9.17) is 0 Å². The van der Waals surface area contributed by atoms with Crippen LogP contribution in [0.15, 0.2) is 42.5 Å². The van der Waals surface area contributed by atoms with E-state index in [1.807, 2.05) is 0 Å². The number of carbonyl (C=O) groups is 1. The van der Waals surface area contributed by atoms with Crippen LogP contribution in [-0.4, -0.2) is 49.8 Å². The van der Waals surface area contributed by atoms with E-state index >= 15 is 8.78 Å². The standard InChI is InChI=1S/C25H27F3N2O3S/c1-2-34(32,33)29-23-20(27)14-30(24(31)25-11-15(12-25)13-25)21(23)10-17-6-4-8-19(22(17)28)16-5-3-7-18(26)9-16/h3-9,15,20-21,23,29H,2,10-14H2,1H3/t15?,20-,21-,23-,25?/m0/s1. The fourth-order valence-electron chi connectivity index (χ4n) is 5.67. The number of carbonyl (C=O) groups excluding carboxylic acids is 1. The second-order valence-corrected chi connectivity index (χ2v) is 11.9. The normalized spacial score (nSPS) is 30.1. The molecule has 1 aliphatic heterocycles. The SMILES string of the molecule is CCS(=O)(=O)N[C@H]1[C@@H](F)CN(C(=O)C23CC(C2)C3)[C@H]1Cc1cccc(-c2cccc(F)c2)c1F. The number of benzene rings is 2. The summed E-state index contributed by atoms with van der Waals surface area (Å²) in [6.07, 6.45) is 0.678. The highest BCUT2D eigenvalue weighted by atomic mass is 32.2. The van der Waals surface area contributed by atoms with Crippen molar-refractivity contribution < 1.29 is 26.4 Å². The van der Waals surface area contributed by atoms with Gasteiger partial charge in [-0.1, -0.05) is 30.3 Å². The van der Waals surface area contributed by atoms with E-state index in [9.17, 15) is 17.6 Å². The van der Waals surface area contributed by atoms with Crippen LogP contribution in [0.1, 0.15) is 31.7 Å². The van der Waals surface area contributed by atoms with Crippen LogP contribution in [0.25, 0.3) is 11.1 Å². The molecule has 4 aliphatic rings. The van der Waals surface area contributed by atoms with Crippen LogP contribution in [0, 0.1) is 23.0 Å². The third-order valence-corrected chi connectivity index (χ3v) is 9.06.